The van der Waals surface area contributed by atoms with Crippen LogP contribution in [-0.4, -0.2) is 12.6 Å². The van der Waals surface area contributed by atoms with Gasteiger partial charge in [0.1, 0.15) is 11.5 Å². The Morgan fingerprint density at radius 3 is 1.74 bits per heavy atom. The molecular weight excluding hydrogens is 490 g/mol. The zero-order chi connectivity index (χ0) is 25.8. The molecule has 2 heterocycles. The summed E-state index contributed by atoms with van der Waals surface area (Å²) < 4.78 is 9.16. The Labute approximate surface area is 228 Å². The van der Waals surface area contributed by atoms with Crippen LogP contribution in [0, 0.1) is 0 Å². The predicted octanol–water partition coefficient (Wildman–Crippen LogP) is 6.27. The molecule has 0 bridgehead atoms. The lowest BCUT2D eigenvalue weighted by Crippen LogP contribution is -2.76. The van der Waals surface area contributed by atoms with Crippen molar-refractivity contribution in [1.29, 1.82) is 0 Å². The largest absolute Gasteiger partial charge is 0.457 e. The van der Waals surface area contributed by atoms with Gasteiger partial charge in [0.2, 0.25) is 0 Å². The van der Waals surface area contributed by atoms with E-state index >= 15 is 0 Å². The van der Waals surface area contributed by atoms with Gasteiger partial charge in [0, 0.05) is 22.5 Å². The molecule has 39 heavy (non-hydrogen) atoms. The summed E-state index contributed by atoms with van der Waals surface area (Å²) in [7, 11) is -2.69. The van der Waals surface area contributed by atoms with E-state index in [0.29, 0.717) is 0 Å². The van der Waals surface area contributed by atoms with E-state index in [0.717, 1.165) is 22.7 Å². The van der Waals surface area contributed by atoms with E-state index in [1.165, 1.54) is 37.0 Å². The first kappa shape index (κ1) is 22.2. The maximum atomic E-state index is 6.79. The third-order valence-corrected chi connectivity index (χ3v) is 12.9. The van der Waals surface area contributed by atoms with E-state index < -0.39 is 8.07 Å². The molecule has 0 amide bonds. The van der Waals surface area contributed by atoms with Gasteiger partial charge in [-0.05, 0) is 51.1 Å². The highest BCUT2D eigenvalue weighted by Crippen LogP contribution is 2.37. The molecular formula is C36H25NOSi. The molecule has 0 N–H and O–H groups in total. The number of aromatic nitrogens is 1. The highest BCUT2D eigenvalue weighted by atomic mass is 28.3. The smallest absolute Gasteiger partial charge is 0.188 e. The minimum absolute atomic E-state index is 0.945. The topological polar surface area (TPSA) is 14.2 Å². The van der Waals surface area contributed by atoms with Crippen LogP contribution in [0.5, 0.6) is 11.5 Å². The number of ether oxygens (including phenoxy) is 1. The zero-order valence-corrected chi connectivity index (χ0v) is 22.3. The average Bonchev–Trinajstić information content (AvgIpc) is 3.33. The number of fused-ring (bicyclic) bond motifs is 5. The van der Waals surface area contributed by atoms with Crippen molar-refractivity contribution < 1.29 is 4.74 Å². The summed E-state index contributed by atoms with van der Waals surface area (Å²) in [6.45, 7) is 0. The fraction of sp³-hybridized carbons (Fsp3) is 0. The van der Waals surface area contributed by atoms with E-state index in [9.17, 15) is 0 Å². The Kier molecular flexibility index (Phi) is 4.88. The van der Waals surface area contributed by atoms with Crippen LogP contribution in [0.25, 0.3) is 27.5 Å². The van der Waals surface area contributed by atoms with E-state index in [-0.39, 0.29) is 0 Å². The van der Waals surface area contributed by atoms with Gasteiger partial charge in [0.05, 0.1) is 11.0 Å². The maximum Gasteiger partial charge on any atom is 0.188 e. The Hall–Kier alpha value is -4.86. The van der Waals surface area contributed by atoms with Crippen molar-refractivity contribution in [2.24, 2.45) is 0 Å². The van der Waals surface area contributed by atoms with Crippen LogP contribution < -0.4 is 25.5 Å². The Balaban J connectivity index is 1.56. The quantitative estimate of drug-likeness (QED) is 0.253. The predicted molar refractivity (Wildman–Crippen MR) is 164 cm³/mol. The van der Waals surface area contributed by atoms with Crippen molar-refractivity contribution in [1.82, 2.24) is 4.57 Å². The van der Waals surface area contributed by atoms with Crippen LogP contribution in [0.1, 0.15) is 0 Å². The first-order valence-corrected chi connectivity index (χ1v) is 15.4. The van der Waals surface area contributed by atoms with Crippen LogP contribution in [0.3, 0.4) is 0 Å². The highest BCUT2D eigenvalue weighted by molar-refractivity contribution is 7.20. The summed E-state index contributed by atoms with van der Waals surface area (Å²) in [6, 6.07) is 54.8. The standard InChI is InChI=1S/C36H25NOSi/c1-4-14-26(15-5-1)37-31-21-11-10-20-29(31)30-24-36-34(25-32(30)37)38-33-22-12-13-23-35(33)39(36,27-16-6-2-7-17-27)28-18-8-3-9-19-28/h1-25H. The summed E-state index contributed by atoms with van der Waals surface area (Å²) in [5.41, 5.74) is 3.50. The maximum absolute atomic E-state index is 6.79. The second-order valence-corrected chi connectivity index (χ2v) is 13.9. The number of rotatable bonds is 3. The first-order chi connectivity index (χ1) is 19.4. The second-order valence-electron chi connectivity index (χ2n) is 10.1. The second kappa shape index (κ2) is 8.59. The normalized spacial score (nSPS) is 13.5. The van der Waals surface area contributed by atoms with E-state index in [1.807, 2.05) is 0 Å². The van der Waals surface area contributed by atoms with Gasteiger partial charge in [0.25, 0.3) is 0 Å². The summed E-state index contributed by atoms with van der Waals surface area (Å²) in [5.74, 6) is 1.90. The van der Waals surface area contributed by atoms with E-state index in [1.54, 1.807) is 0 Å². The molecule has 0 unspecified atom stereocenters. The van der Waals surface area contributed by atoms with Gasteiger partial charge in [-0.25, -0.2) is 0 Å². The molecule has 0 spiro atoms. The van der Waals surface area contributed by atoms with Crippen LogP contribution in [0.15, 0.2) is 152 Å². The van der Waals surface area contributed by atoms with Crippen molar-refractivity contribution in [3.05, 3.63) is 152 Å². The molecule has 0 atom stereocenters. The lowest BCUT2D eigenvalue weighted by molar-refractivity contribution is 0.487. The summed E-state index contributed by atoms with van der Waals surface area (Å²) in [5, 5.41) is 7.81. The summed E-state index contributed by atoms with van der Waals surface area (Å²) in [4.78, 5) is 0. The Morgan fingerprint density at radius 1 is 0.436 bits per heavy atom. The SMILES string of the molecule is c1ccc(-n2c3ccccc3c3cc4c(cc32)Oc2ccccc2[Si]4(c2ccccc2)c2ccccc2)cc1. The number of benzene rings is 6. The molecule has 6 aromatic carbocycles. The van der Waals surface area contributed by atoms with Crippen molar-refractivity contribution in [2.75, 3.05) is 0 Å². The number of hydrogen-bond acceptors (Lipinski definition) is 1. The third-order valence-electron chi connectivity index (χ3n) is 8.12. The van der Waals surface area contributed by atoms with Gasteiger partial charge >= 0.3 is 0 Å². The average molecular weight is 516 g/mol. The molecule has 2 nitrogen and oxygen atoms in total. The molecule has 1 aliphatic heterocycles. The molecule has 8 rings (SSSR count). The van der Waals surface area contributed by atoms with Gasteiger partial charge in [-0.3, -0.25) is 0 Å². The number of hydrogen-bond donors (Lipinski definition) is 0. The molecule has 1 aliphatic rings. The first-order valence-electron chi connectivity index (χ1n) is 13.4. The zero-order valence-electron chi connectivity index (χ0n) is 21.3. The van der Waals surface area contributed by atoms with Crippen LogP contribution in [0.2, 0.25) is 0 Å². The van der Waals surface area contributed by atoms with Gasteiger partial charge in [-0.2, -0.15) is 0 Å². The number of para-hydroxylation sites is 3. The lowest BCUT2D eigenvalue weighted by atomic mass is 10.1. The Morgan fingerprint density at radius 2 is 1.03 bits per heavy atom. The molecule has 1 aromatic heterocycles. The van der Waals surface area contributed by atoms with Crippen molar-refractivity contribution in [3.63, 3.8) is 0 Å². The lowest BCUT2D eigenvalue weighted by Gasteiger charge is -2.39. The molecule has 0 radical (unpaired) electrons. The van der Waals surface area contributed by atoms with Crippen LogP contribution in [0.4, 0.5) is 0 Å². The highest BCUT2D eigenvalue weighted by Gasteiger charge is 2.48. The van der Waals surface area contributed by atoms with Crippen LogP contribution in [-0.2, 0) is 0 Å². The summed E-state index contributed by atoms with van der Waals surface area (Å²) >= 11 is 0. The van der Waals surface area contributed by atoms with Gasteiger partial charge in [-0.1, -0.05) is 115 Å². The van der Waals surface area contributed by atoms with E-state index in [2.05, 4.69) is 156 Å². The molecule has 0 aliphatic carbocycles. The molecule has 7 aromatic rings. The summed E-state index contributed by atoms with van der Waals surface area (Å²) in [6.07, 6.45) is 0. The fourth-order valence-corrected chi connectivity index (χ4v) is 11.5. The molecule has 0 fully saturated rings. The minimum Gasteiger partial charge on any atom is -0.457 e. The van der Waals surface area contributed by atoms with Crippen molar-refractivity contribution in [3.8, 4) is 17.2 Å². The Bertz CT molecular complexity index is 1940. The molecule has 3 heteroatoms. The van der Waals surface area contributed by atoms with Crippen molar-refractivity contribution in [2.45, 2.75) is 0 Å². The third kappa shape index (κ3) is 3.14. The van der Waals surface area contributed by atoms with Gasteiger partial charge in [-0.15, -0.1) is 0 Å². The number of nitrogens with zero attached hydrogens (tertiary/aromatic N) is 1. The molecule has 0 saturated carbocycles. The van der Waals surface area contributed by atoms with Gasteiger partial charge < -0.3 is 9.30 Å². The van der Waals surface area contributed by atoms with E-state index in [4.69, 9.17) is 4.74 Å². The van der Waals surface area contributed by atoms with Crippen LogP contribution >= 0.6 is 0 Å². The van der Waals surface area contributed by atoms with Crippen molar-refractivity contribution >= 4 is 50.6 Å². The fourth-order valence-electron chi connectivity index (χ4n) is 6.52. The monoisotopic (exact) mass is 515 g/mol. The molecule has 184 valence electrons. The molecule has 0 saturated heterocycles. The van der Waals surface area contributed by atoms with Gasteiger partial charge in [0.15, 0.2) is 8.07 Å². The minimum atomic E-state index is -2.69.